The van der Waals surface area contributed by atoms with Crippen LogP contribution in [-0.4, -0.2) is 36.1 Å². The van der Waals surface area contributed by atoms with Crippen molar-refractivity contribution in [1.29, 1.82) is 0 Å². The standard InChI is InChI=1S/C25H19Cl2NO6/c1-33-19-9-7-13(10-18(19)29)22-21(23(30)14-6-8-17(27)20(11-14)34-2)24(31)25(32)28(22)16-5-3-4-15(26)12-16/h3-12,22,29-30H,1-2H3/b23-21-. The Labute approximate surface area is 205 Å². The molecule has 1 aliphatic rings. The molecule has 4 rings (SSSR count). The van der Waals surface area contributed by atoms with Gasteiger partial charge in [0, 0.05) is 16.3 Å². The van der Waals surface area contributed by atoms with Gasteiger partial charge >= 0.3 is 0 Å². The number of nitrogens with zero attached hydrogens (tertiary/aromatic N) is 1. The van der Waals surface area contributed by atoms with E-state index >= 15 is 0 Å². The van der Waals surface area contributed by atoms with E-state index in [1.807, 2.05) is 0 Å². The molecule has 1 atom stereocenters. The summed E-state index contributed by atoms with van der Waals surface area (Å²) in [4.78, 5) is 27.6. The van der Waals surface area contributed by atoms with Crippen LogP contribution in [0.4, 0.5) is 5.69 Å². The number of phenols is 1. The first-order chi connectivity index (χ1) is 16.3. The van der Waals surface area contributed by atoms with Gasteiger partial charge in [0.15, 0.2) is 11.5 Å². The first-order valence-corrected chi connectivity index (χ1v) is 10.8. The first kappa shape index (κ1) is 23.5. The average Bonchev–Trinajstić information content (AvgIpc) is 3.09. The van der Waals surface area contributed by atoms with Crippen LogP contribution in [0.5, 0.6) is 17.2 Å². The van der Waals surface area contributed by atoms with Crippen LogP contribution in [0.25, 0.3) is 5.76 Å². The van der Waals surface area contributed by atoms with Gasteiger partial charge in [0.05, 0.1) is 30.9 Å². The van der Waals surface area contributed by atoms with Crippen LogP contribution >= 0.6 is 23.2 Å². The number of rotatable bonds is 5. The highest BCUT2D eigenvalue weighted by molar-refractivity contribution is 6.51. The fourth-order valence-corrected chi connectivity index (χ4v) is 4.26. The number of aromatic hydroxyl groups is 1. The number of aliphatic hydroxyl groups is 1. The number of methoxy groups -OCH3 is 2. The lowest BCUT2D eigenvalue weighted by atomic mass is 9.94. The Balaban J connectivity index is 1.97. The molecule has 1 heterocycles. The van der Waals surface area contributed by atoms with E-state index in [-0.39, 0.29) is 28.4 Å². The van der Waals surface area contributed by atoms with Crippen molar-refractivity contribution in [2.45, 2.75) is 6.04 Å². The van der Waals surface area contributed by atoms with Crippen LogP contribution in [0, 0.1) is 0 Å². The summed E-state index contributed by atoms with van der Waals surface area (Å²) >= 11 is 12.2. The molecule has 1 amide bonds. The maximum Gasteiger partial charge on any atom is 0.300 e. The fourth-order valence-electron chi connectivity index (χ4n) is 3.88. The molecule has 1 fully saturated rings. The summed E-state index contributed by atoms with van der Waals surface area (Å²) in [6.45, 7) is 0. The van der Waals surface area contributed by atoms with Gasteiger partial charge in [-0.05, 0) is 54.1 Å². The number of ketones is 1. The number of carbonyl (C=O) groups excluding carboxylic acids is 2. The molecule has 0 saturated carbocycles. The molecule has 0 aliphatic carbocycles. The van der Waals surface area contributed by atoms with Crippen LogP contribution in [0.3, 0.4) is 0 Å². The van der Waals surface area contributed by atoms with Crippen molar-refractivity contribution < 1.29 is 29.3 Å². The number of hydrogen-bond acceptors (Lipinski definition) is 6. The molecule has 7 nitrogen and oxygen atoms in total. The van der Waals surface area contributed by atoms with Crippen LogP contribution in [-0.2, 0) is 9.59 Å². The number of hydrogen-bond donors (Lipinski definition) is 2. The second kappa shape index (κ2) is 9.29. The van der Waals surface area contributed by atoms with E-state index < -0.39 is 23.5 Å². The highest BCUT2D eigenvalue weighted by Gasteiger charge is 2.47. The molecule has 174 valence electrons. The largest absolute Gasteiger partial charge is 0.507 e. The Morgan fingerprint density at radius 1 is 0.941 bits per heavy atom. The van der Waals surface area contributed by atoms with Crippen molar-refractivity contribution in [3.8, 4) is 17.2 Å². The zero-order valence-electron chi connectivity index (χ0n) is 18.1. The lowest BCUT2D eigenvalue weighted by Crippen LogP contribution is -2.29. The van der Waals surface area contributed by atoms with Crippen molar-refractivity contribution in [1.82, 2.24) is 0 Å². The maximum atomic E-state index is 13.2. The number of phenolic OH excluding ortho intramolecular Hbond substituents is 1. The summed E-state index contributed by atoms with van der Waals surface area (Å²) in [5.74, 6) is -1.86. The predicted octanol–water partition coefficient (Wildman–Crippen LogP) is 5.34. The number of benzene rings is 3. The molecule has 3 aromatic rings. The zero-order valence-corrected chi connectivity index (χ0v) is 19.6. The second-order valence-electron chi connectivity index (χ2n) is 7.43. The average molecular weight is 500 g/mol. The van der Waals surface area contributed by atoms with E-state index in [0.717, 1.165) is 0 Å². The minimum Gasteiger partial charge on any atom is -0.507 e. The highest BCUT2D eigenvalue weighted by Crippen LogP contribution is 2.44. The third-order valence-electron chi connectivity index (χ3n) is 5.47. The molecular formula is C25H19Cl2NO6. The van der Waals surface area contributed by atoms with Crippen LogP contribution in [0.15, 0.2) is 66.2 Å². The lowest BCUT2D eigenvalue weighted by molar-refractivity contribution is -0.132. The summed E-state index contributed by atoms with van der Waals surface area (Å²) in [5.41, 5.74) is 0.787. The van der Waals surface area contributed by atoms with Gasteiger partial charge in [-0.1, -0.05) is 35.3 Å². The fraction of sp³-hybridized carbons (Fsp3) is 0.120. The van der Waals surface area contributed by atoms with E-state index in [9.17, 15) is 19.8 Å². The van der Waals surface area contributed by atoms with Crippen LogP contribution in [0.1, 0.15) is 17.2 Å². The SMILES string of the molecule is COc1ccc(C2/C(=C(/O)c3ccc(Cl)c(OC)c3)C(=O)C(=O)N2c2cccc(Cl)c2)cc1O. The van der Waals surface area contributed by atoms with E-state index in [4.69, 9.17) is 32.7 Å². The van der Waals surface area contributed by atoms with Gasteiger partial charge in [-0.25, -0.2) is 0 Å². The molecule has 1 unspecified atom stereocenters. The van der Waals surface area contributed by atoms with E-state index in [1.54, 1.807) is 24.3 Å². The minimum absolute atomic E-state index is 0.168. The number of aliphatic hydroxyl groups excluding tert-OH is 1. The van der Waals surface area contributed by atoms with Gasteiger partial charge in [0.1, 0.15) is 11.5 Å². The molecule has 2 N–H and O–H groups in total. The van der Waals surface area contributed by atoms with Crippen molar-refractivity contribution in [2.75, 3.05) is 19.1 Å². The summed E-state index contributed by atoms with van der Waals surface area (Å²) < 4.78 is 10.3. The summed E-state index contributed by atoms with van der Waals surface area (Å²) in [7, 11) is 2.82. The number of amides is 1. The molecule has 34 heavy (non-hydrogen) atoms. The quantitative estimate of drug-likeness (QED) is 0.279. The van der Waals surface area contributed by atoms with E-state index in [2.05, 4.69) is 0 Å². The third-order valence-corrected chi connectivity index (χ3v) is 6.02. The molecule has 1 aliphatic heterocycles. The van der Waals surface area contributed by atoms with E-state index in [1.165, 1.54) is 55.5 Å². The number of carbonyl (C=O) groups is 2. The molecule has 1 saturated heterocycles. The summed E-state index contributed by atoms with van der Waals surface area (Å²) in [6.07, 6.45) is 0. The van der Waals surface area contributed by atoms with Gasteiger partial charge in [-0.3, -0.25) is 14.5 Å². The Bertz CT molecular complexity index is 1340. The second-order valence-corrected chi connectivity index (χ2v) is 8.27. The molecule has 0 spiro atoms. The van der Waals surface area contributed by atoms with Gasteiger partial charge in [-0.2, -0.15) is 0 Å². The van der Waals surface area contributed by atoms with Gasteiger partial charge < -0.3 is 19.7 Å². The number of anilines is 1. The zero-order chi connectivity index (χ0) is 24.6. The first-order valence-electron chi connectivity index (χ1n) is 10.0. The van der Waals surface area contributed by atoms with Crippen molar-refractivity contribution >= 4 is 46.3 Å². The molecule has 3 aromatic carbocycles. The van der Waals surface area contributed by atoms with Gasteiger partial charge in [0.2, 0.25) is 0 Å². The highest BCUT2D eigenvalue weighted by atomic mass is 35.5. The molecule has 0 radical (unpaired) electrons. The summed E-state index contributed by atoms with van der Waals surface area (Å²) in [5, 5.41) is 22.3. The smallest absolute Gasteiger partial charge is 0.300 e. The van der Waals surface area contributed by atoms with Gasteiger partial charge in [0.25, 0.3) is 11.7 Å². The topological polar surface area (TPSA) is 96.3 Å². The number of ether oxygens (including phenoxy) is 2. The number of Topliss-reactive ketones (excluding diaryl/α,β-unsaturated/α-hetero) is 1. The van der Waals surface area contributed by atoms with Gasteiger partial charge in [-0.15, -0.1) is 0 Å². The predicted molar refractivity (Wildman–Crippen MR) is 129 cm³/mol. The Morgan fingerprint density at radius 3 is 2.32 bits per heavy atom. The monoisotopic (exact) mass is 499 g/mol. The van der Waals surface area contributed by atoms with E-state index in [0.29, 0.717) is 21.3 Å². The van der Waals surface area contributed by atoms with Crippen molar-refractivity contribution in [3.05, 3.63) is 87.4 Å². The van der Waals surface area contributed by atoms with Crippen LogP contribution in [0.2, 0.25) is 10.0 Å². The third kappa shape index (κ3) is 4.04. The normalized spacial score (nSPS) is 17.2. The number of halogens is 2. The van der Waals surface area contributed by atoms with Crippen LogP contribution < -0.4 is 14.4 Å². The van der Waals surface area contributed by atoms with Crippen molar-refractivity contribution in [2.24, 2.45) is 0 Å². The Kier molecular flexibility index (Phi) is 6.41. The summed E-state index contributed by atoms with van der Waals surface area (Å²) in [6, 6.07) is 14.3. The molecule has 0 bridgehead atoms. The Hall–Kier alpha value is -3.68. The lowest BCUT2D eigenvalue weighted by Gasteiger charge is -2.26. The molecular weight excluding hydrogens is 481 g/mol. The Morgan fingerprint density at radius 2 is 1.68 bits per heavy atom. The minimum atomic E-state index is -1.06. The molecule has 9 heteroatoms. The molecule has 0 aromatic heterocycles. The maximum absolute atomic E-state index is 13.2. The van der Waals surface area contributed by atoms with Crippen molar-refractivity contribution in [3.63, 3.8) is 0 Å².